The number of para-hydroxylation sites is 2. The maximum Gasteiger partial charge on any atom is 0.235 e. The summed E-state index contributed by atoms with van der Waals surface area (Å²) >= 11 is 0. The maximum atomic E-state index is 13.1. The molecule has 2 aromatic rings. The standard InChI is InChI=1S/C28H37N3O3/c1-21(2)20-28(22-8-3-4-9-23(22)29-27(28)32)12-5-6-13-30-14-16-31(17-15-30)24-10-7-11-25-26(24)34-19-18-33-25/h3-4,7-11,21H,5-6,12-20H2,1-2H3,(H,29,32). The van der Waals surface area contributed by atoms with Crippen LogP contribution >= 0.6 is 0 Å². The molecular weight excluding hydrogens is 426 g/mol. The smallest absolute Gasteiger partial charge is 0.235 e. The van der Waals surface area contributed by atoms with Crippen molar-refractivity contribution in [2.45, 2.75) is 44.9 Å². The van der Waals surface area contributed by atoms with Crippen LogP contribution in [0.25, 0.3) is 0 Å². The lowest BCUT2D eigenvalue weighted by Crippen LogP contribution is -2.47. The number of amides is 1. The highest BCUT2D eigenvalue weighted by Crippen LogP contribution is 2.45. The number of carbonyl (C=O) groups is 1. The molecule has 3 aliphatic heterocycles. The zero-order chi connectivity index (χ0) is 23.5. The predicted octanol–water partition coefficient (Wildman–Crippen LogP) is 4.69. The predicted molar refractivity (Wildman–Crippen MR) is 136 cm³/mol. The average molecular weight is 464 g/mol. The van der Waals surface area contributed by atoms with Crippen LogP contribution in [0.1, 0.15) is 45.1 Å². The van der Waals surface area contributed by atoms with Crippen LogP contribution in [0.4, 0.5) is 11.4 Å². The van der Waals surface area contributed by atoms with Gasteiger partial charge in [-0.1, -0.05) is 44.5 Å². The lowest BCUT2D eigenvalue weighted by atomic mass is 9.72. The summed E-state index contributed by atoms with van der Waals surface area (Å²) in [6.45, 7) is 10.8. The molecule has 1 amide bonds. The van der Waals surface area contributed by atoms with Gasteiger partial charge in [-0.05, 0) is 55.5 Å². The van der Waals surface area contributed by atoms with E-state index in [1.807, 2.05) is 18.2 Å². The molecule has 3 heterocycles. The normalized spacial score (nSPS) is 22.1. The summed E-state index contributed by atoms with van der Waals surface area (Å²) in [5.74, 6) is 2.42. The highest BCUT2D eigenvalue weighted by atomic mass is 16.6. The summed E-state index contributed by atoms with van der Waals surface area (Å²) < 4.78 is 11.7. The Morgan fingerprint density at radius 2 is 1.76 bits per heavy atom. The molecule has 2 aromatic carbocycles. The summed E-state index contributed by atoms with van der Waals surface area (Å²) in [6, 6.07) is 14.4. The first-order valence-electron chi connectivity index (χ1n) is 12.8. The van der Waals surface area contributed by atoms with Crippen LogP contribution in [-0.4, -0.2) is 56.7 Å². The largest absolute Gasteiger partial charge is 0.486 e. The summed E-state index contributed by atoms with van der Waals surface area (Å²) in [7, 11) is 0. The van der Waals surface area contributed by atoms with E-state index in [1.165, 1.54) is 5.56 Å². The second-order valence-electron chi connectivity index (χ2n) is 10.3. The number of piperazine rings is 1. The Kier molecular flexibility index (Phi) is 6.68. The SMILES string of the molecule is CC(C)CC1(CCCCN2CCN(c3cccc4c3OCCO4)CC2)C(=O)Nc2ccccc21. The summed E-state index contributed by atoms with van der Waals surface area (Å²) in [5.41, 5.74) is 2.97. The lowest BCUT2D eigenvalue weighted by molar-refractivity contribution is -0.121. The van der Waals surface area contributed by atoms with Gasteiger partial charge in [0.1, 0.15) is 13.2 Å². The average Bonchev–Trinajstić information content (AvgIpc) is 3.12. The Bertz CT molecular complexity index is 1020. The minimum absolute atomic E-state index is 0.188. The minimum atomic E-state index is -0.377. The van der Waals surface area contributed by atoms with Crippen LogP contribution in [0, 0.1) is 5.92 Å². The molecule has 1 N–H and O–H groups in total. The highest BCUT2D eigenvalue weighted by molar-refractivity contribution is 6.06. The van der Waals surface area contributed by atoms with E-state index < -0.39 is 0 Å². The van der Waals surface area contributed by atoms with Gasteiger partial charge < -0.3 is 19.7 Å². The van der Waals surface area contributed by atoms with E-state index in [0.717, 1.165) is 81.3 Å². The third kappa shape index (κ3) is 4.48. The van der Waals surface area contributed by atoms with Crippen LogP contribution in [0.5, 0.6) is 11.5 Å². The van der Waals surface area contributed by atoms with Crippen molar-refractivity contribution in [2.24, 2.45) is 5.92 Å². The van der Waals surface area contributed by atoms with Crippen LogP contribution in [0.15, 0.2) is 42.5 Å². The van der Waals surface area contributed by atoms with Crippen molar-refractivity contribution in [2.75, 3.05) is 56.2 Å². The number of carbonyl (C=O) groups excluding carboxylic acids is 1. The van der Waals surface area contributed by atoms with E-state index >= 15 is 0 Å². The molecule has 6 nitrogen and oxygen atoms in total. The zero-order valence-electron chi connectivity index (χ0n) is 20.5. The van der Waals surface area contributed by atoms with E-state index in [1.54, 1.807) is 0 Å². The minimum Gasteiger partial charge on any atom is -0.486 e. The molecule has 0 spiro atoms. The molecule has 0 saturated carbocycles. The molecule has 182 valence electrons. The summed E-state index contributed by atoms with van der Waals surface area (Å²) in [4.78, 5) is 18.1. The van der Waals surface area contributed by atoms with Crippen LogP contribution in [-0.2, 0) is 10.2 Å². The quantitative estimate of drug-likeness (QED) is 0.576. The number of nitrogens with one attached hydrogen (secondary N) is 1. The van der Waals surface area contributed by atoms with Crippen LogP contribution < -0.4 is 19.7 Å². The number of hydrogen-bond acceptors (Lipinski definition) is 5. The van der Waals surface area contributed by atoms with E-state index in [-0.39, 0.29) is 11.3 Å². The van der Waals surface area contributed by atoms with E-state index in [0.29, 0.717) is 19.1 Å². The van der Waals surface area contributed by atoms with Crippen LogP contribution in [0.3, 0.4) is 0 Å². The van der Waals surface area contributed by atoms with Crippen molar-refractivity contribution in [3.8, 4) is 11.5 Å². The maximum absolute atomic E-state index is 13.1. The number of anilines is 2. The van der Waals surface area contributed by atoms with E-state index in [4.69, 9.17) is 9.47 Å². The Balaban J connectivity index is 1.14. The number of hydrogen-bond donors (Lipinski definition) is 1. The second kappa shape index (κ2) is 9.87. The Hall–Kier alpha value is -2.73. The number of fused-ring (bicyclic) bond motifs is 2. The molecule has 1 saturated heterocycles. The van der Waals surface area contributed by atoms with Gasteiger partial charge in [-0.15, -0.1) is 0 Å². The molecule has 6 heteroatoms. The van der Waals surface area contributed by atoms with Crippen molar-refractivity contribution in [3.05, 3.63) is 48.0 Å². The van der Waals surface area contributed by atoms with E-state index in [2.05, 4.69) is 53.2 Å². The van der Waals surface area contributed by atoms with Gasteiger partial charge in [-0.2, -0.15) is 0 Å². The van der Waals surface area contributed by atoms with Gasteiger partial charge in [0.2, 0.25) is 5.91 Å². The van der Waals surface area contributed by atoms with Gasteiger partial charge in [0.15, 0.2) is 11.5 Å². The molecule has 0 radical (unpaired) electrons. The first-order valence-corrected chi connectivity index (χ1v) is 12.8. The molecule has 1 unspecified atom stereocenters. The Morgan fingerprint density at radius 3 is 2.59 bits per heavy atom. The highest BCUT2D eigenvalue weighted by Gasteiger charge is 2.46. The van der Waals surface area contributed by atoms with Gasteiger partial charge >= 0.3 is 0 Å². The van der Waals surface area contributed by atoms with Crippen molar-refractivity contribution >= 4 is 17.3 Å². The monoisotopic (exact) mass is 463 g/mol. The molecule has 1 atom stereocenters. The summed E-state index contributed by atoms with van der Waals surface area (Å²) in [6.07, 6.45) is 4.00. The number of ether oxygens (including phenoxy) is 2. The molecule has 0 aromatic heterocycles. The lowest BCUT2D eigenvalue weighted by Gasteiger charge is -2.37. The Labute approximate surface area is 203 Å². The van der Waals surface area contributed by atoms with Crippen LogP contribution in [0.2, 0.25) is 0 Å². The second-order valence-corrected chi connectivity index (χ2v) is 10.3. The molecule has 0 aliphatic carbocycles. The molecule has 1 fully saturated rings. The molecule has 34 heavy (non-hydrogen) atoms. The van der Waals surface area contributed by atoms with E-state index in [9.17, 15) is 4.79 Å². The molecule has 0 bridgehead atoms. The van der Waals surface area contributed by atoms with Gasteiger partial charge in [0, 0.05) is 31.9 Å². The fourth-order valence-corrected chi connectivity index (χ4v) is 5.91. The number of benzene rings is 2. The number of rotatable bonds is 8. The third-order valence-corrected chi connectivity index (χ3v) is 7.47. The number of nitrogens with zero attached hydrogens (tertiary/aromatic N) is 2. The zero-order valence-corrected chi connectivity index (χ0v) is 20.5. The van der Waals surface area contributed by atoms with Gasteiger partial charge in [-0.25, -0.2) is 0 Å². The first kappa shape index (κ1) is 23.0. The molecule has 5 rings (SSSR count). The van der Waals surface area contributed by atoms with Gasteiger partial charge in [0.05, 0.1) is 11.1 Å². The molecule has 3 aliphatic rings. The first-order chi connectivity index (χ1) is 16.6. The van der Waals surface area contributed by atoms with Crippen molar-refractivity contribution in [1.82, 2.24) is 4.90 Å². The fraction of sp³-hybridized carbons (Fsp3) is 0.536. The van der Waals surface area contributed by atoms with Crippen molar-refractivity contribution in [1.29, 1.82) is 0 Å². The topological polar surface area (TPSA) is 54.0 Å². The number of unbranched alkanes of at least 4 members (excludes halogenated alkanes) is 1. The summed E-state index contributed by atoms with van der Waals surface area (Å²) in [5, 5.41) is 3.15. The van der Waals surface area contributed by atoms with Crippen molar-refractivity contribution < 1.29 is 14.3 Å². The fourth-order valence-electron chi connectivity index (χ4n) is 5.91. The van der Waals surface area contributed by atoms with Gasteiger partial charge in [0.25, 0.3) is 0 Å². The van der Waals surface area contributed by atoms with Gasteiger partial charge in [-0.3, -0.25) is 9.69 Å². The Morgan fingerprint density at radius 1 is 0.971 bits per heavy atom. The van der Waals surface area contributed by atoms with Crippen molar-refractivity contribution in [3.63, 3.8) is 0 Å². The molecular formula is C28H37N3O3. The third-order valence-electron chi connectivity index (χ3n) is 7.47.